The van der Waals surface area contributed by atoms with E-state index in [2.05, 4.69) is 32.0 Å². The third-order valence-electron chi connectivity index (χ3n) is 6.69. The van der Waals surface area contributed by atoms with Gasteiger partial charge in [-0.25, -0.2) is 0 Å². The number of amides is 1. The minimum absolute atomic E-state index is 0.0224. The summed E-state index contributed by atoms with van der Waals surface area (Å²) in [5.41, 5.74) is 3.19. The Morgan fingerprint density at radius 1 is 0.839 bits per heavy atom. The van der Waals surface area contributed by atoms with Gasteiger partial charge in [0.05, 0.1) is 18.9 Å². The fourth-order valence-electron chi connectivity index (χ4n) is 4.81. The number of unbranched alkanes of at least 4 members (excludes halogenated alkanes) is 10. The molecule has 0 saturated carbocycles. The average molecular weight is 430 g/mol. The number of aryl methyl sites for hydroxylation is 1. The summed E-state index contributed by atoms with van der Waals surface area (Å²) in [7, 11) is 0. The molecule has 1 aromatic rings. The lowest BCUT2D eigenvalue weighted by molar-refractivity contribution is -0.256. The maximum absolute atomic E-state index is 13.4. The Labute approximate surface area is 189 Å². The van der Waals surface area contributed by atoms with E-state index in [1.54, 1.807) is 0 Å². The van der Waals surface area contributed by atoms with Crippen molar-refractivity contribution >= 4 is 11.6 Å². The summed E-state index contributed by atoms with van der Waals surface area (Å²) < 4.78 is 12.1. The number of hydrogen-bond acceptors (Lipinski definition) is 3. The second-order valence-electron chi connectivity index (χ2n) is 9.26. The molecule has 2 aliphatic rings. The molecule has 0 aliphatic carbocycles. The van der Waals surface area contributed by atoms with E-state index < -0.39 is 5.79 Å². The Morgan fingerprint density at radius 3 is 2.10 bits per heavy atom. The molecule has 0 aromatic heterocycles. The molecule has 0 atom stereocenters. The minimum atomic E-state index is -1.20. The average Bonchev–Trinajstić information content (AvgIpc) is 3.01. The highest BCUT2D eigenvalue weighted by atomic mass is 16.7. The highest BCUT2D eigenvalue weighted by Gasteiger charge is 2.54. The molecular formula is C27H43NO3. The van der Waals surface area contributed by atoms with Crippen LogP contribution in [0.4, 0.5) is 5.69 Å². The van der Waals surface area contributed by atoms with Crippen LogP contribution in [-0.2, 0) is 26.5 Å². The molecule has 4 nitrogen and oxygen atoms in total. The van der Waals surface area contributed by atoms with Gasteiger partial charge < -0.3 is 14.4 Å². The van der Waals surface area contributed by atoms with Gasteiger partial charge in [-0.1, -0.05) is 84.1 Å². The molecule has 3 rings (SSSR count). The third-order valence-corrected chi connectivity index (χ3v) is 6.69. The van der Waals surface area contributed by atoms with Gasteiger partial charge in [0.1, 0.15) is 0 Å². The summed E-state index contributed by atoms with van der Waals surface area (Å²) in [5.74, 6) is -1.22. The second kappa shape index (κ2) is 12.6. The zero-order chi connectivity index (χ0) is 21.9. The number of nitrogens with zero attached hydrogens (tertiary/aromatic N) is 1. The summed E-state index contributed by atoms with van der Waals surface area (Å²) >= 11 is 0. The summed E-state index contributed by atoms with van der Waals surface area (Å²) in [4.78, 5) is 15.4. The molecule has 2 aliphatic heterocycles. The van der Waals surface area contributed by atoms with Gasteiger partial charge in [0.15, 0.2) is 0 Å². The van der Waals surface area contributed by atoms with Crippen molar-refractivity contribution in [2.24, 2.45) is 0 Å². The van der Waals surface area contributed by atoms with Crippen molar-refractivity contribution in [1.82, 2.24) is 0 Å². The molecule has 1 spiro atoms. The van der Waals surface area contributed by atoms with Crippen LogP contribution in [0.3, 0.4) is 0 Å². The first-order chi connectivity index (χ1) is 15.2. The molecule has 1 saturated heterocycles. The van der Waals surface area contributed by atoms with Crippen molar-refractivity contribution in [2.45, 2.75) is 110 Å². The van der Waals surface area contributed by atoms with Gasteiger partial charge in [0, 0.05) is 12.1 Å². The molecule has 0 N–H and O–H groups in total. The molecule has 1 fully saturated rings. The highest BCUT2D eigenvalue weighted by Crippen LogP contribution is 2.45. The van der Waals surface area contributed by atoms with Gasteiger partial charge in [-0.3, -0.25) is 4.79 Å². The molecular weight excluding hydrogens is 386 g/mol. The zero-order valence-electron chi connectivity index (χ0n) is 19.9. The van der Waals surface area contributed by atoms with E-state index in [4.69, 9.17) is 9.47 Å². The normalized spacial score (nSPS) is 17.5. The molecule has 0 radical (unpaired) electrons. The van der Waals surface area contributed by atoms with Crippen molar-refractivity contribution in [3.05, 3.63) is 29.3 Å². The monoisotopic (exact) mass is 429 g/mol. The van der Waals surface area contributed by atoms with Crippen LogP contribution in [0.25, 0.3) is 0 Å². The van der Waals surface area contributed by atoms with E-state index in [9.17, 15) is 4.79 Å². The largest absolute Gasteiger partial charge is 0.338 e. The number of carbonyl (C=O) groups excluding carboxylic acids is 1. The Balaban J connectivity index is 1.54. The van der Waals surface area contributed by atoms with E-state index in [0.29, 0.717) is 13.2 Å². The van der Waals surface area contributed by atoms with E-state index in [-0.39, 0.29) is 5.91 Å². The molecule has 0 bridgehead atoms. The second-order valence-corrected chi connectivity index (χ2v) is 9.26. The smallest absolute Gasteiger partial charge is 0.292 e. The van der Waals surface area contributed by atoms with Crippen LogP contribution in [0.2, 0.25) is 0 Å². The predicted octanol–water partition coefficient (Wildman–Crippen LogP) is 6.89. The van der Waals surface area contributed by atoms with Crippen LogP contribution < -0.4 is 4.90 Å². The van der Waals surface area contributed by atoms with E-state index in [1.807, 2.05) is 4.90 Å². The number of carbonyl (C=O) groups is 1. The number of rotatable bonds is 14. The van der Waals surface area contributed by atoms with Gasteiger partial charge in [-0.15, -0.1) is 0 Å². The Bertz CT molecular complexity index is 681. The first-order valence-corrected chi connectivity index (χ1v) is 13.0. The van der Waals surface area contributed by atoms with E-state index in [1.165, 1.54) is 69.8 Å². The van der Waals surface area contributed by atoms with Crippen molar-refractivity contribution < 1.29 is 14.3 Å². The highest BCUT2D eigenvalue weighted by molar-refractivity contribution is 6.06. The van der Waals surface area contributed by atoms with Crippen LogP contribution in [-0.4, -0.2) is 25.7 Å². The Morgan fingerprint density at radius 2 is 1.45 bits per heavy atom. The molecule has 174 valence electrons. The summed E-state index contributed by atoms with van der Waals surface area (Å²) in [6.07, 6.45) is 17.2. The van der Waals surface area contributed by atoms with Crippen molar-refractivity contribution in [2.75, 3.05) is 24.7 Å². The van der Waals surface area contributed by atoms with Gasteiger partial charge >= 0.3 is 0 Å². The van der Waals surface area contributed by atoms with Crippen molar-refractivity contribution in [3.63, 3.8) is 0 Å². The van der Waals surface area contributed by atoms with Gasteiger partial charge in [-0.05, 0) is 43.4 Å². The number of ether oxygens (including phenoxy) is 2. The standard InChI is InChI=1S/C27H43NO3/c1-3-5-7-8-9-10-11-12-13-14-19-28-25-18-17-23(16-6-4-2)22-24(25)27(26(28)29)30-20-15-21-31-27/h17-18,22H,3-16,19-21H2,1-2H3. The summed E-state index contributed by atoms with van der Waals surface area (Å²) in [5, 5.41) is 0. The van der Waals surface area contributed by atoms with Crippen LogP contribution >= 0.6 is 0 Å². The number of fused-ring (bicyclic) bond motifs is 2. The summed E-state index contributed by atoms with van der Waals surface area (Å²) in [6, 6.07) is 6.45. The SMILES string of the molecule is CCCCCCCCCCCCN1C(=O)C2(OCCCO2)c2cc(CCCC)ccc21. The molecule has 2 heterocycles. The fourth-order valence-corrected chi connectivity index (χ4v) is 4.81. The third kappa shape index (κ3) is 6.10. The van der Waals surface area contributed by atoms with Gasteiger partial charge in [0.25, 0.3) is 11.7 Å². The Hall–Kier alpha value is -1.39. The quantitative estimate of drug-likeness (QED) is 0.302. The van der Waals surface area contributed by atoms with Crippen LogP contribution in [0, 0.1) is 0 Å². The van der Waals surface area contributed by atoms with E-state index >= 15 is 0 Å². The van der Waals surface area contributed by atoms with Gasteiger partial charge in [-0.2, -0.15) is 0 Å². The van der Waals surface area contributed by atoms with Crippen LogP contribution in [0.5, 0.6) is 0 Å². The van der Waals surface area contributed by atoms with Crippen LogP contribution in [0.15, 0.2) is 18.2 Å². The lowest BCUT2D eigenvalue weighted by Gasteiger charge is -2.32. The Kier molecular flexibility index (Phi) is 9.86. The molecule has 1 amide bonds. The van der Waals surface area contributed by atoms with Crippen molar-refractivity contribution in [1.29, 1.82) is 0 Å². The number of benzene rings is 1. The predicted molar refractivity (Wildman–Crippen MR) is 127 cm³/mol. The molecule has 4 heteroatoms. The first kappa shape index (κ1) is 24.3. The van der Waals surface area contributed by atoms with Gasteiger partial charge in [0.2, 0.25) is 0 Å². The maximum Gasteiger partial charge on any atom is 0.292 e. The minimum Gasteiger partial charge on any atom is -0.338 e. The first-order valence-electron chi connectivity index (χ1n) is 13.0. The van der Waals surface area contributed by atoms with E-state index in [0.717, 1.165) is 43.5 Å². The lowest BCUT2D eigenvalue weighted by Crippen LogP contribution is -2.47. The zero-order valence-corrected chi connectivity index (χ0v) is 19.9. The number of anilines is 1. The van der Waals surface area contributed by atoms with Crippen molar-refractivity contribution in [3.8, 4) is 0 Å². The molecule has 31 heavy (non-hydrogen) atoms. The fraction of sp³-hybridized carbons (Fsp3) is 0.741. The molecule has 1 aromatic carbocycles. The topological polar surface area (TPSA) is 38.8 Å². The number of hydrogen-bond donors (Lipinski definition) is 0. The molecule has 0 unspecified atom stereocenters. The lowest BCUT2D eigenvalue weighted by atomic mass is 10.00. The summed E-state index contributed by atoms with van der Waals surface area (Å²) in [6.45, 7) is 6.39. The van der Waals surface area contributed by atoms with Crippen LogP contribution in [0.1, 0.15) is 108 Å². The maximum atomic E-state index is 13.4.